The largest absolute Gasteiger partial charge is 0.309 e. The van der Waals surface area contributed by atoms with E-state index in [2.05, 4.69) is 290 Å². The van der Waals surface area contributed by atoms with Gasteiger partial charge in [0.15, 0.2) is 5.82 Å². The van der Waals surface area contributed by atoms with Gasteiger partial charge in [-0.3, -0.25) is 0 Å². The highest BCUT2D eigenvalue weighted by atomic mass is 15.0. The van der Waals surface area contributed by atoms with E-state index in [1.807, 2.05) is 0 Å². The van der Waals surface area contributed by atoms with Crippen molar-refractivity contribution in [1.29, 1.82) is 0 Å². The molecule has 4 heterocycles. The van der Waals surface area contributed by atoms with Crippen molar-refractivity contribution >= 4 is 65.4 Å². The van der Waals surface area contributed by atoms with Crippen molar-refractivity contribution in [2.75, 3.05) is 0 Å². The molecule has 0 radical (unpaired) electrons. The molecule has 0 atom stereocenters. The smallest absolute Gasteiger partial charge is 0.160 e. The number of hydrogen-bond acceptors (Lipinski definition) is 2. The molecule has 4 aromatic heterocycles. The monoisotopic (exact) mass is 1010 g/mol. The predicted molar refractivity (Wildman–Crippen MR) is 331 cm³/mol. The first-order valence-corrected chi connectivity index (χ1v) is 27.2. The molecular formula is C74H53N5. The molecule has 0 N–H and O–H groups in total. The number of rotatable bonds is 8. The van der Waals surface area contributed by atoms with Gasteiger partial charge in [0, 0.05) is 66.1 Å². The Balaban J connectivity index is 0.811. The molecule has 0 bridgehead atoms. The molecule has 0 unspecified atom stereocenters. The second-order valence-electron chi connectivity index (χ2n) is 21.2. The maximum absolute atomic E-state index is 5.15. The van der Waals surface area contributed by atoms with Gasteiger partial charge in [-0.05, 0) is 151 Å². The minimum atomic E-state index is 0.734. The highest BCUT2D eigenvalue weighted by Crippen LogP contribution is 2.42. The van der Waals surface area contributed by atoms with Gasteiger partial charge < -0.3 is 13.7 Å². The Morgan fingerprint density at radius 3 is 1.15 bits per heavy atom. The van der Waals surface area contributed by atoms with Crippen LogP contribution in [0.2, 0.25) is 0 Å². The van der Waals surface area contributed by atoms with Gasteiger partial charge in [-0.2, -0.15) is 0 Å². The zero-order valence-electron chi connectivity index (χ0n) is 44.4. The fourth-order valence-electron chi connectivity index (χ4n) is 12.5. The van der Waals surface area contributed by atoms with Gasteiger partial charge in [0.25, 0.3) is 0 Å². The van der Waals surface area contributed by atoms with Gasteiger partial charge in [0.05, 0.1) is 44.5 Å². The second kappa shape index (κ2) is 18.3. The van der Waals surface area contributed by atoms with E-state index < -0.39 is 0 Å². The van der Waals surface area contributed by atoms with E-state index in [1.165, 1.54) is 98.9 Å². The van der Waals surface area contributed by atoms with E-state index in [1.54, 1.807) is 0 Å². The first-order valence-electron chi connectivity index (χ1n) is 27.2. The maximum Gasteiger partial charge on any atom is 0.160 e. The van der Waals surface area contributed by atoms with Crippen molar-refractivity contribution < 1.29 is 0 Å². The van der Waals surface area contributed by atoms with Gasteiger partial charge in [-0.1, -0.05) is 170 Å². The van der Waals surface area contributed by atoms with E-state index in [0.717, 1.165) is 62.0 Å². The average molecular weight is 1010 g/mol. The van der Waals surface area contributed by atoms with E-state index in [9.17, 15) is 0 Å². The minimum Gasteiger partial charge on any atom is -0.309 e. The predicted octanol–water partition coefficient (Wildman–Crippen LogP) is 19.3. The highest BCUT2D eigenvalue weighted by molar-refractivity contribution is 6.14. The quantitative estimate of drug-likeness (QED) is 0.152. The molecule has 0 aliphatic carbocycles. The van der Waals surface area contributed by atoms with Gasteiger partial charge in [0.2, 0.25) is 0 Å². The van der Waals surface area contributed by atoms with Crippen LogP contribution < -0.4 is 0 Å². The first-order chi connectivity index (χ1) is 38.8. The van der Waals surface area contributed by atoms with Crippen LogP contribution in [0.4, 0.5) is 0 Å². The molecule has 0 saturated carbocycles. The molecule has 0 fully saturated rings. The summed E-state index contributed by atoms with van der Waals surface area (Å²) in [7, 11) is 0. The van der Waals surface area contributed by atoms with Crippen molar-refractivity contribution in [1.82, 2.24) is 23.7 Å². The van der Waals surface area contributed by atoms with Crippen LogP contribution in [0.5, 0.6) is 0 Å². The van der Waals surface area contributed by atoms with E-state index in [0.29, 0.717) is 0 Å². The van der Waals surface area contributed by atoms with E-state index in [4.69, 9.17) is 9.97 Å². The molecule has 0 aliphatic rings. The molecule has 11 aromatic carbocycles. The topological polar surface area (TPSA) is 40.6 Å². The lowest BCUT2D eigenvalue weighted by Crippen LogP contribution is -2.00. The molecule has 0 aliphatic heterocycles. The molecule has 0 saturated heterocycles. The van der Waals surface area contributed by atoms with E-state index >= 15 is 0 Å². The molecule has 5 heteroatoms. The lowest BCUT2D eigenvalue weighted by atomic mass is 9.95. The molecule has 0 amide bonds. The zero-order chi connectivity index (χ0) is 52.9. The van der Waals surface area contributed by atoms with Gasteiger partial charge in [-0.25, -0.2) is 9.97 Å². The Hall–Kier alpha value is -10.1. The second-order valence-corrected chi connectivity index (χ2v) is 21.2. The lowest BCUT2D eigenvalue weighted by Gasteiger charge is -2.16. The summed E-state index contributed by atoms with van der Waals surface area (Å²) in [6.45, 7) is 8.77. The number of aromatic nitrogens is 5. The summed E-state index contributed by atoms with van der Waals surface area (Å²) in [5.41, 5.74) is 25.1. The van der Waals surface area contributed by atoms with Gasteiger partial charge >= 0.3 is 0 Å². The number of benzene rings is 11. The minimum absolute atomic E-state index is 0.734. The summed E-state index contributed by atoms with van der Waals surface area (Å²) in [6.07, 6.45) is 0. The first kappa shape index (κ1) is 46.2. The van der Waals surface area contributed by atoms with Crippen molar-refractivity contribution in [2.45, 2.75) is 27.7 Å². The van der Waals surface area contributed by atoms with Crippen molar-refractivity contribution in [3.05, 3.63) is 271 Å². The standard InChI is InChI=1S/C74H53N5/c1-46-17-5-7-19-56(46)66-45-65(75-74(76-66)57-20-8-6-18-47(57)2)53-35-31-51(32-36-53)50-29-33-52(34-30-50)62-41-49(4)73(42-48(62)3)79-71-39-37-54(77-67-25-13-9-21-58(67)59-22-10-14-26-68(59)77)43-63(71)64-44-55(38-40-72(64)79)78-69-27-15-11-23-60(69)61-24-12-16-28-70(61)78/h5-45H,1-4H3. The lowest BCUT2D eigenvalue weighted by molar-refractivity contribution is 1.13. The average Bonchev–Trinajstić information content (AvgIpc) is 4.04. The maximum atomic E-state index is 5.15. The Bertz CT molecular complexity index is 4590. The molecule has 0 spiro atoms. The van der Waals surface area contributed by atoms with Crippen molar-refractivity contribution in [2.24, 2.45) is 0 Å². The number of hydrogen-bond donors (Lipinski definition) is 0. The Morgan fingerprint density at radius 1 is 0.253 bits per heavy atom. The molecule has 15 aromatic rings. The highest BCUT2D eigenvalue weighted by Gasteiger charge is 2.21. The Kier molecular flexibility index (Phi) is 10.7. The van der Waals surface area contributed by atoms with Crippen LogP contribution >= 0.6 is 0 Å². The fourth-order valence-corrected chi connectivity index (χ4v) is 12.5. The zero-order valence-corrected chi connectivity index (χ0v) is 44.4. The molecule has 374 valence electrons. The van der Waals surface area contributed by atoms with Crippen LogP contribution in [-0.2, 0) is 0 Å². The van der Waals surface area contributed by atoms with Crippen LogP contribution in [0.25, 0.3) is 139 Å². The van der Waals surface area contributed by atoms with Gasteiger partial charge in [0.1, 0.15) is 0 Å². The Morgan fingerprint density at radius 2 is 0.658 bits per heavy atom. The summed E-state index contributed by atoms with van der Waals surface area (Å²) < 4.78 is 7.35. The van der Waals surface area contributed by atoms with Crippen LogP contribution in [0.15, 0.2) is 249 Å². The van der Waals surface area contributed by atoms with Crippen molar-refractivity contribution in [3.63, 3.8) is 0 Å². The molecule has 15 rings (SSSR count). The number of fused-ring (bicyclic) bond motifs is 9. The number of para-hydroxylation sites is 4. The van der Waals surface area contributed by atoms with Crippen LogP contribution in [0.1, 0.15) is 22.3 Å². The summed E-state index contributed by atoms with van der Waals surface area (Å²) in [4.78, 5) is 10.3. The summed E-state index contributed by atoms with van der Waals surface area (Å²) in [5.74, 6) is 0.734. The van der Waals surface area contributed by atoms with Crippen LogP contribution in [-0.4, -0.2) is 23.7 Å². The Labute approximate surface area is 458 Å². The third kappa shape index (κ3) is 7.53. The van der Waals surface area contributed by atoms with Crippen LogP contribution in [0, 0.1) is 27.7 Å². The summed E-state index contributed by atoms with van der Waals surface area (Å²) in [5, 5.41) is 7.43. The fraction of sp³-hybridized carbons (Fsp3) is 0.0541. The molecule has 5 nitrogen and oxygen atoms in total. The normalized spacial score (nSPS) is 11.8. The summed E-state index contributed by atoms with van der Waals surface area (Å²) in [6, 6.07) is 90.7. The number of aryl methyl sites for hydroxylation is 4. The third-order valence-corrected chi connectivity index (χ3v) is 16.4. The summed E-state index contributed by atoms with van der Waals surface area (Å²) >= 11 is 0. The molecular weight excluding hydrogens is 959 g/mol. The SMILES string of the molecule is Cc1cc(-n2c3ccc(-n4c5ccccc5c5ccccc54)cc3c3cc(-n4c5ccccc5c5ccccc54)ccc32)c(C)cc1-c1ccc(-c2ccc(-c3cc(-c4ccccc4C)nc(-c4ccccc4C)n3)cc2)cc1. The van der Waals surface area contributed by atoms with E-state index in [-0.39, 0.29) is 0 Å². The van der Waals surface area contributed by atoms with Crippen LogP contribution in [0.3, 0.4) is 0 Å². The van der Waals surface area contributed by atoms with Gasteiger partial charge in [-0.15, -0.1) is 0 Å². The van der Waals surface area contributed by atoms with Crippen molar-refractivity contribution in [3.8, 4) is 73.2 Å². The number of nitrogens with zero attached hydrogens (tertiary/aromatic N) is 5. The third-order valence-electron chi connectivity index (χ3n) is 16.4. The molecule has 79 heavy (non-hydrogen) atoms.